The third kappa shape index (κ3) is 3.26. The Bertz CT molecular complexity index is 428. The van der Waals surface area contributed by atoms with Gasteiger partial charge >= 0.3 is 0 Å². The van der Waals surface area contributed by atoms with Crippen LogP contribution >= 0.6 is 0 Å². The van der Waals surface area contributed by atoms with Crippen LogP contribution in [0, 0.1) is 0 Å². The van der Waals surface area contributed by atoms with Crippen molar-refractivity contribution in [1.29, 1.82) is 0 Å². The number of nitrogens with one attached hydrogen (secondary N) is 1. The van der Waals surface area contributed by atoms with Gasteiger partial charge in [0, 0.05) is 36.9 Å². The van der Waals surface area contributed by atoms with Gasteiger partial charge in [-0.25, -0.2) is 0 Å². The molecule has 104 valence electrons. The Morgan fingerprint density at radius 2 is 2.05 bits per heavy atom. The molecule has 4 nitrogen and oxygen atoms in total. The lowest BCUT2D eigenvalue weighted by molar-refractivity contribution is 0.0783. The summed E-state index contributed by atoms with van der Waals surface area (Å²) in [6.07, 6.45) is 1.06. The molecule has 1 aliphatic rings. The molecule has 0 spiro atoms. The molecule has 1 aliphatic heterocycles. The standard InChI is InChI=1S/C15H23N3O/c1-4-16-13-7-5-12(6-8-13)15(19)18-10-9-14(11-18)17(2)3/h5-8,14,16H,4,9-11H2,1-3H3. The van der Waals surface area contributed by atoms with E-state index in [4.69, 9.17) is 0 Å². The molecule has 0 bridgehead atoms. The molecule has 1 unspecified atom stereocenters. The van der Waals surface area contributed by atoms with Crippen LogP contribution in [0.4, 0.5) is 5.69 Å². The Morgan fingerprint density at radius 1 is 1.37 bits per heavy atom. The van der Waals surface area contributed by atoms with Crippen molar-refractivity contribution in [2.45, 2.75) is 19.4 Å². The highest BCUT2D eigenvalue weighted by Crippen LogP contribution is 2.17. The molecule has 1 fully saturated rings. The number of carbonyl (C=O) groups excluding carboxylic acids is 1. The van der Waals surface area contributed by atoms with E-state index in [1.54, 1.807) is 0 Å². The molecule has 2 rings (SSSR count). The van der Waals surface area contributed by atoms with E-state index in [-0.39, 0.29) is 5.91 Å². The average Bonchev–Trinajstić information content (AvgIpc) is 2.89. The van der Waals surface area contributed by atoms with Gasteiger partial charge in [0.25, 0.3) is 5.91 Å². The summed E-state index contributed by atoms with van der Waals surface area (Å²) in [6.45, 7) is 4.64. The normalized spacial score (nSPS) is 18.9. The summed E-state index contributed by atoms with van der Waals surface area (Å²) in [5.41, 5.74) is 1.84. The van der Waals surface area contributed by atoms with Gasteiger partial charge in [0.05, 0.1) is 0 Å². The van der Waals surface area contributed by atoms with Gasteiger partial charge in [0.1, 0.15) is 0 Å². The van der Waals surface area contributed by atoms with Crippen molar-refractivity contribution in [3.8, 4) is 0 Å². The minimum Gasteiger partial charge on any atom is -0.385 e. The van der Waals surface area contributed by atoms with Crippen LogP contribution in [0.1, 0.15) is 23.7 Å². The van der Waals surface area contributed by atoms with Crippen LogP contribution in [0.15, 0.2) is 24.3 Å². The van der Waals surface area contributed by atoms with Crippen LogP contribution in [0.2, 0.25) is 0 Å². The number of likely N-dealkylation sites (tertiary alicyclic amines) is 1. The van der Waals surface area contributed by atoms with E-state index >= 15 is 0 Å². The summed E-state index contributed by atoms with van der Waals surface area (Å²) in [7, 11) is 4.15. The zero-order valence-corrected chi connectivity index (χ0v) is 12.0. The minimum absolute atomic E-state index is 0.146. The first kappa shape index (κ1) is 13.9. The smallest absolute Gasteiger partial charge is 0.253 e. The van der Waals surface area contributed by atoms with E-state index in [2.05, 4.69) is 31.2 Å². The van der Waals surface area contributed by atoms with E-state index in [9.17, 15) is 4.79 Å². The van der Waals surface area contributed by atoms with E-state index < -0.39 is 0 Å². The maximum Gasteiger partial charge on any atom is 0.253 e. The second kappa shape index (κ2) is 6.06. The molecule has 0 aliphatic carbocycles. The van der Waals surface area contributed by atoms with Gasteiger partial charge in [-0.15, -0.1) is 0 Å². The first-order valence-electron chi connectivity index (χ1n) is 6.91. The van der Waals surface area contributed by atoms with Gasteiger partial charge in [-0.3, -0.25) is 4.79 Å². The molecule has 0 radical (unpaired) electrons. The number of carbonyl (C=O) groups is 1. The zero-order chi connectivity index (χ0) is 13.8. The van der Waals surface area contributed by atoms with Crippen molar-refractivity contribution in [3.63, 3.8) is 0 Å². The van der Waals surface area contributed by atoms with Gasteiger partial charge < -0.3 is 15.1 Å². The van der Waals surface area contributed by atoms with Gasteiger partial charge in [-0.05, 0) is 51.7 Å². The van der Waals surface area contributed by atoms with E-state index in [1.165, 1.54) is 0 Å². The number of benzene rings is 1. The first-order valence-corrected chi connectivity index (χ1v) is 6.91. The Labute approximate surface area is 115 Å². The maximum atomic E-state index is 12.4. The molecule has 1 N–H and O–H groups in total. The highest BCUT2D eigenvalue weighted by molar-refractivity contribution is 5.94. The van der Waals surface area contributed by atoms with Crippen molar-refractivity contribution < 1.29 is 4.79 Å². The predicted molar refractivity (Wildman–Crippen MR) is 78.6 cm³/mol. The molecule has 19 heavy (non-hydrogen) atoms. The average molecular weight is 261 g/mol. The van der Waals surface area contributed by atoms with Crippen LogP contribution in [-0.4, -0.2) is 55.5 Å². The summed E-state index contributed by atoms with van der Waals surface area (Å²) in [5.74, 6) is 0.146. The number of rotatable bonds is 4. The summed E-state index contributed by atoms with van der Waals surface area (Å²) >= 11 is 0. The lowest BCUT2D eigenvalue weighted by atomic mass is 10.2. The third-order valence-corrected chi connectivity index (χ3v) is 3.69. The van der Waals surface area contributed by atoms with E-state index in [1.807, 2.05) is 29.2 Å². The van der Waals surface area contributed by atoms with Gasteiger partial charge in [-0.1, -0.05) is 0 Å². The fourth-order valence-corrected chi connectivity index (χ4v) is 2.47. The van der Waals surface area contributed by atoms with Crippen LogP contribution in [-0.2, 0) is 0 Å². The molecule has 1 saturated heterocycles. The molecule has 1 aromatic rings. The van der Waals surface area contributed by atoms with Crippen molar-refractivity contribution in [1.82, 2.24) is 9.80 Å². The zero-order valence-electron chi connectivity index (χ0n) is 12.0. The van der Waals surface area contributed by atoms with Gasteiger partial charge in [0.15, 0.2) is 0 Å². The number of anilines is 1. The van der Waals surface area contributed by atoms with Gasteiger partial charge in [0.2, 0.25) is 0 Å². The second-order valence-electron chi connectivity index (χ2n) is 5.26. The van der Waals surface area contributed by atoms with E-state index in [0.29, 0.717) is 6.04 Å². The lowest BCUT2D eigenvalue weighted by Gasteiger charge is -2.20. The molecule has 1 aromatic carbocycles. The molecule has 1 atom stereocenters. The van der Waals surface area contributed by atoms with Crippen LogP contribution < -0.4 is 5.32 Å². The topological polar surface area (TPSA) is 35.6 Å². The lowest BCUT2D eigenvalue weighted by Crippen LogP contribution is -2.34. The summed E-state index contributed by atoms with van der Waals surface area (Å²) in [5, 5.41) is 3.23. The number of likely N-dealkylation sites (N-methyl/N-ethyl adjacent to an activating group) is 1. The maximum absolute atomic E-state index is 12.4. The Balaban J connectivity index is 2.00. The molecular weight excluding hydrogens is 238 g/mol. The largest absolute Gasteiger partial charge is 0.385 e. The van der Waals surface area contributed by atoms with Crippen LogP contribution in [0.5, 0.6) is 0 Å². The number of nitrogens with zero attached hydrogens (tertiary/aromatic N) is 2. The Morgan fingerprint density at radius 3 is 2.58 bits per heavy atom. The minimum atomic E-state index is 0.146. The molecule has 0 saturated carbocycles. The summed E-state index contributed by atoms with van der Waals surface area (Å²) in [4.78, 5) is 16.5. The predicted octanol–water partition coefficient (Wildman–Crippen LogP) is 1.89. The summed E-state index contributed by atoms with van der Waals surface area (Å²) < 4.78 is 0. The van der Waals surface area contributed by atoms with E-state index in [0.717, 1.165) is 37.3 Å². The third-order valence-electron chi connectivity index (χ3n) is 3.69. The SMILES string of the molecule is CCNc1ccc(C(=O)N2CCC(N(C)C)C2)cc1. The molecule has 0 aromatic heterocycles. The highest BCUT2D eigenvalue weighted by Gasteiger charge is 2.27. The van der Waals surface area contributed by atoms with Crippen LogP contribution in [0.25, 0.3) is 0 Å². The van der Waals surface area contributed by atoms with Crippen molar-refractivity contribution in [3.05, 3.63) is 29.8 Å². The second-order valence-corrected chi connectivity index (χ2v) is 5.26. The van der Waals surface area contributed by atoms with Crippen LogP contribution in [0.3, 0.4) is 0 Å². The Kier molecular flexibility index (Phi) is 4.43. The van der Waals surface area contributed by atoms with Gasteiger partial charge in [-0.2, -0.15) is 0 Å². The monoisotopic (exact) mass is 261 g/mol. The quantitative estimate of drug-likeness (QED) is 0.899. The first-order chi connectivity index (χ1) is 9.11. The Hall–Kier alpha value is -1.55. The molecular formula is C15H23N3O. The fourth-order valence-electron chi connectivity index (χ4n) is 2.47. The summed E-state index contributed by atoms with van der Waals surface area (Å²) in [6, 6.07) is 8.24. The highest BCUT2D eigenvalue weighted by atomic mass is 16.2. The molecule has 4 heteroatoms. The van der Waals surface area contributed by atoms with Crippen molar-refractivity contribution in [2.24, 2.45) is 0 Å². The van der Waals surface area contributed by atoms with Crippen molar-refractivity contribution >= 4 is 11.6 Å². The number of hydrogen-bond donors (Lipinski definition) is 1. The molecule has 1 heterocycles. The van der Waals surface area contributed by atoms with Crippen molar-refractivity contribution in [2.75, 3.05) is 39.0 Å². The fraction of sp³-hybridized carbons (Fsp3) is 0.533. The number of hydrogen-bond acceptors (Lipinski definition) is 3. The number of amides is 1. The molecule has 1 amide bonds.